The Kier molecular flexibility index (Phi) is 4.07. The molecule has 1 heterocycles. The number of benzene rings is 1. The Morgan fingerprint density at radius 2 is 1.90 bits per heavy atom. The molecule has 0 aliphatic carbocycles. The van der Waals surface area contributed by atoms with Crippen molar-refractivity contribution < 1.29 is 4.79 Å². The Morgan fingerprint density at radius 1 is 1.25 bits per heavy atom. The normalized spacial score (nSPS) is 17.5. The van der Waals surface area contributed by atoms with Crippen LogP contribution in [0.1, 0.15) is 54.6 Å². The molecular weight excluding hydrogens is 248 g/mol. The number of carbonyl (C=O) groups excluding carboxylic acids is 1. The third kappa shape index (κ3) is 2.54. The maximum Gasteiger partial charge on any atom is 0.254 e. The van der Waals surface area contributed by atoms with Crippen molar-refractivity contribution in [3.05, 3.63) is 28.8 Å². The minimum atomic E-state index is 0.137. The maximum absolute atomic E-state index is 12.7. The molecule has 2 N–H and O–H groups in total. The number of amides is 1. The SMILES string of the molecule is CCC1(CC)CCN(C(=O)c2cc(N)c(C)cc2C)C1. The minimum absolute atomic E-state index is 0.137. The lowest BCUT2D eigenvalue weighted by molar-refractivity contribution is 0.0769. The predicted molar refractivity (Wildman–Crippen MR) is 83.9 cm³/mol. The van der Waals surface area contributed by atoms with E-state index in [1.54, 1.807) is 0 Å². The Labute approximate surface area is 122 Å². The van der Waals surface area contributed by atoms with E-state index in [0.29, 0.717) is 11.1 Å². The fourth-order valence-electron chi connectivity index (χ4n) is 3.21. The summed E-state index contributed by atoms with van der Waals surface area (Å²) in [5.41, 5.74) is 9.80. The first kappa shape index (κ1) is 14.9. The summed E-state index contributed by atoms with van der Waals surface area (Å²) in [7, 11) is 0. The summed E-state index contributed by atoms with van der Waals surface area (Å²) >= 11 is 0. The molecule has 1 fully saturated rings. The number of nitrogens with zero attached hydrogens (tertiary/aromatic N) is 1. The van der Waals surface area contributed by atoms with Gasteiger partial charge in [-0.15, -0.1) is 0 Å². The number of anilines is 1. The highest BCUT2D eigenvalue weighted by molar-refractivity contribution is 5.97. The van der Waals surface area contributed by atoms with E-state index in [0.717, 1.165) is 49.0 Å². The van der Waals surface area contributed by atoms with Gasteiger partial charge in [0.25, 0.3) is 5.91 Å². The molecule has 0 aromatic heterocycles. The second kappa shape index (κ2) is 5.47. The van der Waals surface area contributed by atoms with Crippen molar-refractivity contribution in [3.63, 3.8) is 0 Å². The van der Waals surface area contributed by atoms with Crippen LogP contribution in [0.4, 0.5) is 5.69 Å². The molecular formula is C17H26N2O. The molecule has 2 rings (SSSR count). The van der Waals surface area contributed by atoms with Crippen molar-refractivity contribution >= 4 is 11.6 Å². The summed E-state index contributed by atoms with van der Waals surface area (Å²) in [6.07, 6.45) is 3.40. The summed E-state index contributed by atoms with van der Waals surface area (Å²) in [4.78, 5) is 14.7. The molecule has 1 saturated heterocycles. The van der Waals surface area contributed by atoms with E-state index in [1.165, 1.54) is 0 Å². The third-order valence-electron chi connectivity index (χ3n) is 5.07. The lowest BCUT2D eigenvalue weighted by Crippen LogP contribution is -2.32. The second-order valence-corrected chi connectivity index (χ2v) is 6.21. The van der Waals surface area contributed by atoms with E-state index in [4.69, 9.17) is 5.73 Å². The van der Waals surface area contributed by atoms with Crippen molar-refractivity contribution in [2.24, 2.45) is 5.41 Å². The minimum Gasteiger partial charge on any atom is -0.398 e. The molecule has 0 spiro atoms. The molecule has 0 atom stereocenters. The highest BCUT2D eigenvalue weighted by atomic mass is 16.2. The van der Waals surface area contributed by atoms with Gasteiger partial charge in [0.05, 0.1) is 0 Å². The van der Waals surface area contributed by atoms with Crippen LogP contribution in [0.2, 0.25) is 0 Å². The van der Waals surface area contributed by atoms with E-state index in [-0.39, 0.29) is 5.91 Å². The number of hydrogen-bond acceptors (Lipinski definition) is 2. The monoisotopic (exact) mass is 274 g/mol. The van der Waals surface area contributed by atoms with Crippen molar-refractivity contribution in [2.45, 2.75) is 47.0 Å². The molecule has 1 aromatic rings. The summed E-state index contributed by atoms with van der Waals surface area (Å²) in [5, 5.41) is 0. The van der Waals surface area contributed by atoms with Crippen molar-refractivity contribution in [2.75, 3.05) is 18.8 Å². The van der Waals surface area contributed by atoms with Gasteiger partial charge in [-0.2, -0.15) is 0 Å². The molecule has 3 heteroatoms. The van der Waals surface area contributed by atoms with Crippen LogP contribution in [-0.2, 0) is 0 Å². The fourth-order valence-corrected chi connectivity index (χ4v) is 3.21. The van der Waals surface area contributed by atoms with Crippen molar-refractivity contribution in [3.8, 4) is 0 Å². The first-order valence-electron chi connectivity index (χ1n) is 7.58. The molecule has 1 aromatic carbocycles. The Hall–Kier alpha value is -1.51. The number of hydrogen-bond donors (Lipinski definition) is 1. The number of nitrogens with two attached hydrogens (primary N) is 1. The zero-order chi connectivity index (χ0) is 14.9. The van der Waals surface area contributed by atoms with E-state index >= 15 is 0 Å². The van der Waals surface area contributed by atoms with Gasteiger partial charge >= 0.3 is 0 Å². The van der Waals surface area contributed by atoms with Crippen molar-refractivity contribution in [1.29, 1.82) is 0 Å². The highest BCUT2D eigenvalue weighted by Gasteiger charge is 2.37. The molecule has 0 saturated carbocycles. The maximum atomic E-state index is 12.7. The predicted octanol–water partition coefficient (Wildman–Crippen LogP) is 3.54. The van der Waals surface area contributed by atoms with Gasteiger partial charge in [-0.1, -0.05) is 19.9 Å². The van der Waals surface area contributed by atoms with Gasteiger partial charge in [0.1, 0.15) is 0 Å². The second-order valence-electron chi connectivity index (χ2n) is 6.21. The molecule has 1 aliphatic heterocycles. The van der Waals surface area contributed by atoms with E-state index in [9.17, 15) is 4.79 Å². The molecule has 0 bridgehead atoms. The standard InChI is InChI=1S/C17H26N2O/c1-5-17(6-2)7-8-19(11-17)16(20)14-10-15(18)13(4)9-12(14)3/h9-10H,5-8,11,18H2,1-4H3. The molecule has 0 radical (unpaired) electrons. The highest BCUT2D eigenvalue weighted by Crippen LogP contribution is 2.37. The zero-order valence-corrected chi connectivity index (χ0v) is 13.1. The lowest BCUT2D eigenvalue weighted by Gasteiger charge is -2.26. The van der Waals surface area contributed by atoms with Crippen LogP contribution in [0.3, 0.4) is 0 Å². The van der Waals surface area contributed by atoms with Crippen LogP contribution in [0.25, 0.3) is 0 Å². The average Bonchev–Trinajstić information content (AvgIpc) is 2.87. The zero-order valence-electron chi connectivity index (χ0n) is 13.1. The Bertz CT molecular complexity index is 518. The Balaban J connectivity index is 2.23. The molecule has 20 heavy (non-hydrogen) atoms. The quantitative estimate of drug-likeness (QED) is 0.857. The van der Waals surface area contributed by atoms with Crippen LogP contribution < -0.4 is 5.73 Å². The number of carbonyl (C=O) groups is 1. The number of likely N-dealkylation sites (tertiary alicyclic amines) is 1. The van der Waals surface area contributed by atoms with Crippen LogP contribution in [-0.4, -0.2) is 23.9 Å². The van der Waals surface area contributed by atoms with Gasteiger partial charge in [-0.3, -0.25) is 4.79 Å². The molecule has 3 nitrogen and oxygen atoms in total. The number of nitrogen functional groups attached to an aromatic ring is 1. The molecule has 0 unspecified atom stereocenters. The van der Waals surface area contributed by atoms with E-state index in [1.807, 2.05) is 30.9 Å². The summed E-state index contributed by atoms with van der Waals surface area (Å²) in [6.45, 7) is 10.2. The Morgan fingerprint density at radius 3 is 2.45 bits per heavy atom. The van der Waals surface area contributed by atoms with Crippen LogP contribution in [0.5, 0.6) is 0 Å². The lowest BCUT2D eigenvalue weighted by atomic mass is 9.82. The molecule has 1 aliphatic rings. The van der Waals surface area contributed by atoms with Crippen LogP contribution in [0, 0.1) is 19.3 Å². The van der Waals surface area contributed by atoms with Gasteiger partial charge in [-0.25, -0.2) is 0 Å². The van der Waals surface area contributed by atoms with Gasteiger partial charge < -0.3 is 10.6 Å². The third-order valence-corrected chi connectivity index (χ3v) is 5.07. The van der Waals surface area contributed by atoms with E-state index < -0.39 is 0 Å². The first-order chi connectivity index (χ1) is 9.42. The van der Waals surface area contributed by atoms with Crippen LogP contribution >= 0.6 is 0 Å². The molecule has 1 amide bonds. The van der Waals surface area contributed by atoms with Gasteiger partial charge in [0, 0.05) is 24.3 Å². The molecule has 110 valence electrons. The smallest absolute Gasteiger partial charge is 0.254 e. The average molecular weight is 274 g/mol. The number of aryl methyl sites for hydroxylation is 2. The fraction of sp³-hybridized carbons (Fsp3) is 0.588. The van der Waals surface area contributed by atoms with Crippen molar-refractivity contribution in [1.82, 2.24) is 4.90 Å². The first-order valence-corrected chi connectivity index (χ1v) is 7.58. The van der Waals surface area contributed by atoms with Crippen LogP contribution in [0.15, 0.2) is 12.1 Å². The van der Waals surface area contributed by atoms with Gasteiger partial charge in [0.15, 0.2) is 0 Å². The van der Waals surface area contributed by atoms with E-state index in [2.05, 4.69) is 13.8 Å². The largest absolute Gasteiger partial charge is 0.398 e. The summed E-state index contributed by atoms with van der Waals surface area (Å²) in [5.74, 6) is 0.137. The number of rotatable bonds is 3. The topological polar surface area (TPSA) is 46.3 Å². The van der Waals surface area contributed by atoms with Gasteiger partial charge in [-0.05, 0) is 55.7 Å². The summed E-state index contributed by atoms with van der Waals surface area (Å²) in [6, 6.07) is 3.84. The van der Waals surface area contributed by atoms with Gasteiger partial charge in [0.2, 0.25) is 0 Å². The summed E-state index contributed by atoms with van der Waals surface area (Å²) < 4.78 is 0.